The third kappa shape index (κ3) is 3.37. The van der Waals surface area contributed by atoms with Gasteiger partial charge in [0, 0.05) is 42.5 Å². The van der Waals surface area contributed by atoms with Crippen molar-refractivity contribution >= 4 is 11.3 Å². The molecule has 29 heavy (non-hydrogen) atoms. The minimum Gasteiger partial charge on any atom is -0.474 e. The molecule has 0 bridgehead atoms. The average molecular weight is 395 g/mol. The molecule has 0 spiro atoms. The number of fused-ring (bicyclic) bond motifs is 1. The van der Waals surface area contributed by atoms with Gasteiger partial charge < -0.3 is 20.3 Å². The quantitative estimate of drug-likeness (QED) is 0.860. The number of pyridine rings is 1. The van der Waals surface area contributed by atoms with Gasteiger partial charge in [-0.05, 0) is 51.8 Å². The Labute approximate surface area is 172 Å². The van der Waals surface area contributed by atoms with Crippen LogP contribution in [-0.4, -0.2) is 51.9 Å². The van der Waals surface area contributed by atoms with Crippen LogP contribution >= 0.6 is 0 Å². The molecule has 2 aromatic rings. The van der Waals surface area contributed by atoms with E-state index in [4.69, 9.17) is 10.5 Å². The maximum atomic E-state index is 5.88. The Balaban J connectivity index is 1.25. The smallest absolute Gasteiger partial charge is 0.189 e. The Kier molecular flexibility index (Phi) is 4.70. The lowest BCUT2D eigenvalue weighted by molar-refractivity contribution is 0.0953. The fourth-order valence-electron chi connectivity index (χ4n) is 4.65. The Morgan fingerprint density at radius 3 is 2.55 bits per heavy atom. The van der Waals surface area contributed by atoms with Crippen molar-refractivity contribution in [1.29, 1.82) is 0 Å². The van der Waals surface area contributed by atoms with Crippen LogP contribution in [0.1, 0.15) is 50.3 Å². The minimum absolute atomic E-state index is 0.456. The molecule has 3 aliphatic rings. The van der Waals surface area contributed by atoms with Gasteiger partial charge in [-0.15, -0.1) is 0 Å². The fraction of sp³-hybridized carbons (Fsp3) is 0.545. The first kappa shape index (κ1) is 18.5. The second kappa shape index (κ2) is 7.37. The molecule has 0 unspecified atom stereocenters. The van der Waals surface area contributed by atoms with E-state index in [1.165, 1.54) is 37.8 Å². The highest BCUT2D eigenvalue weighted by Crippen LogP contribution is 2.30. The number of aromatic nitrogens is 3. The summed E-state index contributed by atoms with van der Waals surface area (Å²) < 4.78 is 7.31. The van der Waals surface area contributed by atoms with Crippen molar-refractivity contribution in [3.63, 3.8) is 0 Å². The van der Waals surface area contributed by atoms with E-state index in [0.717, 1.165) is 47.8 Å². The van der Waals surface area contributed by atoms with Gasteiger partial charge in [0.2, 0.25) is 0 Å². The monoisotopic (exact) mass is 394 g/mol. The van der Waals surface area contributed by atoms with Crippen molar-refractivity contribution in [2.24, 2.45) is 5.73 Å². The first-order chi connectivity index (χ1) is 14.1. The van der Waals surface area contributed by atoms with Gasteiger partial charge in [-0.25, -0.2) is 9.67 Å². The Bertz CT molecular complexity index is 906. The molecule has 7 heteroatoms. The summed E-state index contributed by atoms with van der Waals surface area (Å²) >= 11 is 0. The summed E-state index contributed by atoms with van der Waals surface area (Å²) in [6.45, 7) is 4.59. The number of ether oxygens (including phenoxy) is 1. The topological polar surface area (TPSA) is 72.4 Å². The maximum Gasteiger partial charge on any atom is 0.189 e. The third-order valence-corrected chi connectivity index (χ3v) is 6.92. The number of allylic oxidation sites excluding steroid dienone is 1. The summed E-state index contributed by atoms with van der Waals surface area (Å²) in [5, 5.41) is 4.67. The highest BCUT2D eigenvalue weighted by molar-refractivity contribution is 5.66. The van der Waals surface area contributed by atoms with E-state index in [0.29, 0.717) is 12.5 Å². The van der Waals surface area contributed by atoms with Crippen LogP contribution in [0.15, 0.2) is 30.4 Å². The van der Waals surface area contributed by atoms with Gasteiger partial charge >= 0.3 is 0 Å². The molecule has 2 N–H and O–H groups in total. The van der Waals surface area contributed by atoms with Crippen molar-refractivity contribution in [2.75, 3.05) is 25.0 Å². The molecule has 0 aromatic carbocycles. The SMILES string of the molecule is CC1=C(N)OCc2cn(-c3ccc(N4CCC(N(C)C5CCC5)CC4)cn3)nc21. The van der Waals surface area contributed by atoms with Crippen molar-refractivity contribution in [1.82, 2.24) is 19.7 Å². The number of nitrogens with zero attached hydrogens (tertiary/aromatic N) is 5. The first-order valence-corrected chi connectivity index (χ1v) is 10.7. The number of rotatable bonds is 4. The zero-order valence-electron chi connectivity index (χ0n) is 17.3. The molecule has 2 aliphatic heterocycles. The van der Waals surface area contributed by atoms with Crippen LogP contribution in [0, 0.1) is 0 Å². The summed E-state index contributed by atoms with van der Waals surface area (Å²) in [5.41, 5.74) is 9.90. The molecule has 7 nitrogen and oxygen atoms in total. The van der Waals surface area contributed by atoms with Crippen LogP contribution in [0.3, 0.4) is 0 Å². The first-order valence-electron chi connectivity index (χ1n) is 10.7. The predicted molar refractivity (Wildman–Crippen MR) is 114 cm³/mol. The lowest BCUT2D eigenvalue weighted by Gasteiger charge is -2.44. The van der Waals surface area contributed by atoms with Gasteiger partial charge in [0.25, 0.3) is 0 Å². The Morgan fingerprint density at radius 2 is 1.90 bits per heavy atom. The molecule has 0 atom stereocenters. The molecule has 1 saturated heterocycles. The summed E-state index contributed by atoms with van der Waals surface area (Å²) in [5.74, 6) is 1.27. The standard InChI is InChI=1S/C22H30N6O/c1-15-21-16(14-29-22(15)23)13-28(25-21)20-7-6-19(12-24-20)27-10-8-18(9-11-27)26(2)17-4-3-5-17/h6-7,12-13,17-18H,3-5,8-11,14,23H2,1-2H3. The van der Waals surface area contributed by atoms with Gasteiger partial charge in [0.1, 0.15) is 12.3 Å². The summed E-state index contributed by atoms with van der Waals surface area (Å²) in [6.07, 6.45) is 10.6. The highest BCUT2D eigenvalue weighted by atomic mass is 16.5. The van der Waals surface area contributed by atoms with E-state index in [2.05, 4.69) is 33.0 Å². The minimum atomic E-state index is 0.456. The Hall–Kier alpha value is -2.54. The van der Waals surface area contributed by atoms with E-state index in [1.54, 1.807) is 0 Å². The van der Waals surface area contributed by atoms with E-state index in [9.17, 15) is 0 Å². The number of nitrogens with two attached hydrogens (primary N) is 1. The van der Waals surface area contributed by atoms with Crippen LogP contribution < -0.4 is 10.6 Å². The van der Waals surface area contributed by atoms with Crippen LogP contribution in [0.4, 0.5) is 5.69 Å². The number of hydrogen-bond donors (Lipinski definition) is 1. The molecule has 0 amide bonds. The van der Waals surface area contributed by atoms with Crippen LogP contribution in [0.2, 0.25) is 0 Å². The van der Waals surface area contributed by atoms with Gasteiger partial charge in [-0.1, -0.05) is 6.42 Å². The van der Waals surface area contributed by atoms with E-state index < -0.39 is 0 Å². The van der Waals surface area contributed by atoms with Gasteiger partial charge in [0.05, 0.1) is 11.9 Å². The van der Waals surface area contributed by atoms with E-state index in [-0.39, 0.29) is 0 Å². The number of piperidine rings is 1. The molecule has 2 fully saturated rings. The maximum absolute atomic E-state index is 5.88. The lowest BCUT2D eigenvalue weighted by Crippen LogP contribution is -2.49. The molecular formula is C22H30N6O. The largest absolute Gasteiger partial charge is 0.474 e. The summed E-state index contributed by atoms with van der Waals surface area (Å²) in [4.78, 5) is 9.77. The van der Waals surface area contributed by atoms with Crippen molar-refractivity contribution in [3.05, 3.63) is 41.7 Å². The molecule has 4 heterocycles. The lowest BCUT2D eigenvalue weighted by atomic mass is 9.89. The van der Waals surface area contributed by atoms with E-state index in [1.807, 2.05) is 30.1 Å². The molecular weight excluding hydrogens is 364 g/mol. The normalized spacial score (nSPS) is 20.6. The Morgan fingerprint density at radius 1 is 1.14 bits per heavy atom. The van der Waals surface area contributed by atoms with Gasteiger partial charge in [-0.2, -0.15) is 5.10 Å². The predicted octanol–water partition coefficient (Wildman–Crippen LogP) is 2.90. The highest BCUT2D eigenvalue weighted by Gasteiger charge is 2.30. The van der Waals surface area contributed by atoms with Crippen molar-refractivity contribution < 1.29 is 4.74 Å². The van der Waals surface area contributed by atoms with Gasteiger partial charge in [0.15, 0.2) is 11.7 Å². The third-order valence-electron chi connectivity index (χ3n) is 6.92. The zero-order valence-corrected chi connectivity index (χ0v) is 17.3. The summed E-state index contributed by atoms with van der Waals surface area (Å²) in [7, 11) is 2.32. The van der Waals surface area contributed by atoms with Crippen LogP contribution in [0.5, 0.6) is 0 Å². The van der Waals surface area contributed by atoms with Crippen LogP contribution in [0.25, 0.3) is 11.4 Å². The summed E-state index contributed by atoms with van der Waals surface area (Å²) in [6, 6.07) is 5.76. The second-order valence-corrected chi connectivity index (χ2v) is 8.57. The molecule has 0 radical (unpaired) electrons. The molecule has 2 aromatic heterocycles. The van der Waals surface area contributed by atoms with Crippen molar-refractivity contribution in [2.45, 2.75) is 57.7 Å². The second-order valence-electron chi connectivity index (χ2n) is 8.57. The van der Waals surface area contributed by atoms with E-state index >= 15 is 0 Å². The molecule has 1 saturated carbocycles. The fourth-order valence-corrected chi connectivity index (χ4v) is 4.65. The van der Waals surface area contributed by atoms with Gasteiger partial charge in [-0.3, -0.25) is 0 Å². The number of hydrogen-bond acceptors (Lipinski definition) is 6. The molecule has 5 rings (SSSR count). The van der Waals surface area contributed by atoms with Crippen LogP contribution in [-0.2, 0) is 11.3 Å². The average Bonchev–Trinajstić information content (AvgIpc) is 3.15. The molecule has 154 valence electrons. The zero-order chi connectivity index (χ0) is 20.0. The molecule has 1 aliphatic carbocycles. The number of anilines is 1. The van der Waals surface area contributed by atoms with Crippen molar-refractivity contribution in [3.8, 4) is 5.82 Å².